The number of piperidine rings is 1. The normalized spacial score (nSPS) is 15.4. The van der Waals surface area contributed by atoms with Crippen molar-refractivity contribution in [2.45, 2.75) is 32.6 Å². The number of nitrogens with zero attached hydrogens (tertiary/aromatic N) is 5. The maximum atomic E-state index is 11.4. The first-order chi connectivity index (χ1) is 10.6. The molecule has 0 aliphatic carbocycles. The molecule has 3 heterocycles. The maximum Gasteiger partial charge on any atom is 0.182 e. The zero-order valence-corrected chi connectivity index (χ0v) is 12.9. The molecule has 0 amide bonds. The van der Waals surface area contributed by atoms with E-state index in [2.05, 4.69) is 38.7 Å². The Bertz CT molecular complexity index is 661. The van der Waals surface area contributed by atoms with E-state index < -0.39 is 0 Å². The minimum atomic E-state index is 0.295. The van der Waals surface area contributed by atoms with Gasteiger partial charge in [0.15, 0.2) is 5.82 Å². The minimum Gasteiger partial charge on any atom is -0.356 e. The highest BCUT2D eigenvalue weighted by atomic mass is 16.1. The van der Waals surface area contributed by atoms with Crippen molar-refractivity contribution in [2.75, 3.05) is 18.0 Å². The van der Waals surface area contributed by atoms with Crippen molar-refractivity contribution in [2.24, 2.45) is 0 Å². The molecular weight excluding hydrogens is 278 g/mol. The van der Waals surface area contributed by atoms with Crippen LogP contribution < -0.4 is 4.90 Å². The zero-order chi connectivity index (χ0) is 15.5. The highest BCUT2D eigenvalue weighted by Gasteiger charge is 2.20. The van der Waals surface area contributed by atoms with E-state index in [0.29, 0.717) is 49.2 Å². The number of hydrogen-bond acceptors (Lipinski definition) is 6. The van der Waals surface area contributed by atoms with E-state index in [9.17, 15) is 4.79 Å². The molecule has 22 heavy (non-hydrogen) atoms. The van der Waals surface area contributed by atoms with Gasteiger partial charge < -0.3 is 4.90 Å². The summed E-state index contributed by atoms with van der Waals surface area (Å²) in [4.78, 5) is 31.2. The Labute approximate surface area is 129 Å². The van der Waals surface area contributed by atoms with Gasteiger partial charge in [0.1, 0.15) is 17.3 Å². The van der Waals surface area contributed by atoms with Crippen molar-refractivity contribution in [3.05, 3.63) is 30.4 Å². The van der Waals surface area contributed by atoms with Crippen molar-refractivity contribution in [3.63, 3.8) is 0 Å². The summed E-state index contributed by atoms with van der Waals surface area (Å²) in [7, 11) is 0. The molecule has 0 bridgehead atoms. The van der Waals surface area contributed by atoms with Gasteiger partial charge in [-0.3, -0.25) is 9.78 Å². The predicted molar refractivity (Wildman–Crippen MR) is 83.6 cm³/mol. The molecule has 0 aromatic carbocycles. The van der Waals surface area contributed by atoms with E-state index >= 15 is 0 Å². The number of aromatic nitrogens is 4. The van der Waals surface area contributed by atoms with Gasteiger partial charge in [0.05, 0.1) is 6.20 Å². The van der Waals surface area contributed by atoms with Crippen molar-refractivity contribution >= 4 is 11.6 Å². The number of Topliss-reactive ketones (excluding diaryl/α,β-unsaturated/α-hetero) is 1. The van der Waals surface area contributed by atoms with Crippen LogP contribution in [-0.4, -0.2) is 38.8 Å². The van der Waals surface area contributed by atoms with Crippen LogP contribution in [0.5, 0.6) is 0 Å². The molecule has 0 radical (unpaired) electrons. The van der Waals surface area contributed by atoms with Crippen LogP contribution in [0, 0.1) is 0 Å². The second-order valence-corrected chi connectivity index (χ2v) is 5.75. The fraction of sp³-hybridized carbons (Fsp3) is 0.438. The molecule has 0 saturated carbocycles. The SMILES string of the molecule is CC(C)c1cc(N2CCC(=O)CC2)nc(-c2cnccn2)n1. The third kappa shape index (κ3) is 3.10. The third-order valence-electron chi connectivity index (χ3n) is 3.76. The molecular formula is C16H19N5O. The molecule has 6 nitrogen and oxygen atoms in total. The summed E-state index contributed by atoms with van der Waals surface area (Å²) in [6.45, 7) is 5.64. The van der Waals surface area contributed by atoms with Crippen LogP contribution in [0.1, 0.15) is 38.3 Å². The molecule has 0 spiro atoms. The minimum absolute atomic E-state index is 0.295. The standard InChI is InChI=1S/C16H19N5O/c1-11(2)13-9-15(21-7-3-12(22)4-8-21)20-16(19-13)14-10-17-5-6-18-14/h5-6,9-11H,3-4,7-8H2,1-2H3. The second-order valence-electron chi connectivity index (χ2n) is 5.75. The van der Waals surface area contributed by atoms with Gasteiger partial charge >= 0.3 is 0 Å². The average Bonchev–Trinajstić information content (AvgIpc) is 2.56. The van der Waals surface area contributed by atoms with Crippen LogP contribution in [0.15, 0.2) is 24.7 Å². The monoisotopic (exact) mass is 297 g/mol. The summed E-state index contributed by atoms with van der Waals surface area (Å²) >= 11 is 0. The molecule has 1 aliphatic heterocycles. The number of hydrogen-bond donors (Lipinski definition) is 0. The highest BCUT2D eigenvalue weighted by Crippen LogP contribution is 2.24. The summed E-state index contributed by atoms with van der Waals surface area (Å²) < 4.78 is 0. The molecule has 2 aromatic rings. The van der Waals surface area contributed by atoms with Crippen LogP contribution in [0.2, 0.25) is 0 Å². The molecule has 0 atom stereocenters. The van der Waals surface area contributed by atoms with Gasteiger partial charge in [0.2, 0.25) is 0 Å². The fourth-order valence-corrected chi connectivity index (χ4v) is 2.42. The lowest BCUT2D eigenvalue weighted by molar-refractivity contribution is -0.119. The van der Waals surface area contributed by atoms with E-state index in [0.717, 1.165) is 11.5 Å². The van der Waals surface area contributed by atoms with E-state index in [-0.39, 0.29) is 0 Å². The first-order valence-corrected chi connectivity index (χ1v) is 7.55. The van der Waals surface area contributed by atoms with Gasteiger partial charge in [-0.15, -0.1) is 0 Å². The number of ketones is 1. The molecule has 1 fully saturated rings. The fourth-order valence-electron chi connectivity index (χ4n) is 2.42. The molecule has 2 aromatic heterocycles. The lowest BCUT2D eigenvalue weighted by Gasteiger charge is -2.27. The smallest absolute Gasteiger partial charge is 0.182 e. The van der Waals surface area contributed by atoms with Crippen LogP contribution in [0.4, 0.5) is 5.82 Å². The summed E-state index contributed by atoms with van der Waals surface area (Å²) in [5, 5.41) is 0. The predicted octanol–water partition coefficient (Wildman–Crippen LogP) is 2.23. The molecule has 3 rings (SSSR count). The first kappa shape index (κ1) is 14.6. The van der Waals surface area contributed by atoms with Gasteiger partial charge in [-0.2, -0.15) is 0 Å². The van der Waals surface area contributed by atoms with Crippen LogP contribution in [0.3, 0.4) is 0 Å². The van der Waals surface area contributed by atoms with E-state index in [1.165, 1.54) is 0 Å². The Morgan fingerprint density at radius 3 is 2.55 bits per heavy atom. The third-order valence-corrected chi connectivity index (χ3v) is 3.76. The molecule has 114 valence electrons. The van der Waals surface area contributed by atoms with Gasteiger partial charge in [-0.1, -0.05) is 13.8 Å². The molecule has 1 aliphatic rings. The lowest BCUT2D eigenvalue weighted by Crippen LogP contribution is -2.34. The largest absolute Gasteiger partial charge is 0.356 e. The lowest BCUT2D eigenvalue weighted by atomic mass is 10.1. The summed E-state index contributed by atoms with van der Waals surface area (Å²) in [5.74, 6) is 2.07. The Morgan fingerprint density at radius 2 is 1.91 bits per heavy atom. The van der Waals surface area contributed by atoms with E-state index in [1.54, 1.807) is 18.6 Å². The summed E-state index contributed by atoms with van der Waals surface area (Å²) in [5.41, 5.74) is 1.64. The molecule has 0 unspecified atom stereocenters. The number of carbonyl (C=O) groups excluding carboxylic acids is 1. The van der Waals surface area contributed by atoms with Gasteiger partial charge in [0, 0.05) is 50.1 Å². The van der Waals surface area contributed by atoms with Crippen LogP contribution in [-0.2, 0) is 4.79 Å². The Morgan fingerprint density at radius 1 is 1.14 bits per heavy atom. The number of carbonyl (C=O) groups is 1. The average molecular weight is 297 g/mol. The van der Waals surface area contributed by atoms with Gasteiger partial charge in [-0.05, 0) is 5.92 Å². The number of anilines is 1. The van der Waals surface area contributed by atoms with Gasteiger partial charge in [0.25, 0.3) is 0 Å². The van der Waals surface area contributed by atoms with Crippen molar-refractivity contribution < 1.29 is 4.79 Å². The second kappa shape index (κ2) is 6.17. The number of rotatable bonds is 3. The summed E-state index contributed by atoms with van der Waals surface area (Å²) in [6.07, 6.45) is 6.11. The Balaban J connectivity index is 1.99. The van der Waals surface area contributed by atoms with E-state index in [4.69, 9.17) is 0 Å². The maximum absolute atomic E-state index is 11.4. The zero-order valence-electron chi connectivity index (χ0n) is 12.9. The van der Waals surface area contributed by atoms with E-state index in [1.807, 2.05) is 6.07 Å². The summed E-state index contributed by atoms with van der Waals surface area (Å²) in [6, 6.07) is 2.01. The molecule has 1 saturated heterocycles. The topological polar surface area (TPSA) is 71.9 Å². The molecule has 6 heteroatoms. The first-order valence-electron chi connectivity index (χ1n) is 7.55. The quantitative estimate of drug-likeness (QED) is 0.865. The van der Waals surface area contributed by atoms with Crippen LogP contribution in [0.25, 0.3) is 11.5 Å². The Hall–Kier alpha value is -2.37. The Kier molecular flexibility index (Phi) is 4.09. The van der Waals surface area contributed by atoms with Gasteiger partial charge in [-0.25, -0.2) is 15.0 Å². The highest BCUT2D eigenvalue weighted by molar-refractivity contribution is 5.80. The van der Waals surface area contributed by atoms with Crippen molar-refractivity contribution in [3.8, 4) is 11.5 Å². The molecule has 0 N–H and O–H groups in total. The van der Waals surface area contributed by atoms with Crippen molar-refractivity contribution in [1.29, 1.82) is 0 Å². The van der Waals surface area contributed by atoms with Crippen LogP contribution >= 0.6 is 0 Å². The van der Waals surface area contributed by atoms with Crippen molar-refractivity contribution in [1.82, 2.24) is 19.9 Å².